The first-order valence-corrected chi connectivity index (χ1v) is 12.4. The number of nitrogens with one attached hydrogen (secondary N) is 1. The Morgan fingerprint density at radius 2 is 1.62 bits per heavy atom. The van der Waals surface area contributed by atoms with Gasteiger partial charge in [0.1, 0.15) is 5.82 Å². The van der Waals surface area contributed by atoms with E-state index in [2.05, 4.69) is 39.5 Å². The Bertz CT molecular complexity index is 1360. The fraction of sp³-hybridized carbons (Fsp3) is 0.276. The standard InChI is InChI=1S/C29H30FN5O.ClH/c1-34-28(36)26(22-9-11-24(30)12-10-22)27(23-13-15-31-16-14-23)33-29(34)32-20-25(35-17-5-6-18-35)19-21-7-3-2-4-8-21;/h2-4,7-16,25H,5-6,17-20H2,1H3,(H,32,33);1H/t25-;/m0./s1. The van der Waals surface area contributed by atoms with Crippen molar-refractivity contribution in [2.75, 3.05) is 25.0 Å². The average Bonchev–Trinajstić information content (AvgIpc) is 3.45. The number of likely N-dealkylation sites (tertiary alicyclic amines) is 1. The number of nitrogens with zero attached hydrogens (tertiary/aromatic N) is 4. The second kappa shape index (κ2) is 12.1. The van der Waals surface area contributed by atoms with E-state index in [1.54, 1.807) is 36.1 Å². The summed E-state index contributed by atoms with van der Waals surface area (Å²) < 4.78 is 15.2. The minimum atomic E-state index is -0.348. The molecule has 8 heteroatoms. The highest BCUT2D eigenvalue weighted by molar-refractivity contribution is 5.85. The molecule has 1 fully saturated rings. The monoisotopic (exact) mass is 519 g/mol. The summed E-state index contributed by atoms with van der Waals surface area (Å²) in [5.74, 6) is 0.161. The quantitative estimate of drug-likeness (QED) is 0.347. The summed E-state index contributed by atoms with van der Waals surface area (Å²) in [5, 5.41) is 3.48. The number of benzene rings is 2. The Kier molecular flexibility index (Phi) is 8.69. The molecule has 0 bridgehead atoms. The molecule has 1 N–H and O–H groups in total. The molecule has 192 valence electrons. The molecule has 0 amide bonds. The Hall–Kier alpha value is -3.55. The topological polar surface area (TPSA) is 63.1 Å². The third kappa shape index (κ3) is 6.06. The van der Waals surface area contributed by atoms with Crippen molar-refractivity contribution in [1.29, 1.82) is 0 Å². The minimum Gasteiger partial charge on any atom is -0.354 e. The van der Waals surface area contributed by atoms with Gasteiger partial charge in [-0.1, -0.05) is 42.5 Å². The van der Waals surface area contributed by atoms with Gasteiger partial charge < -0.3 is 5.32 Å². The molecule has 2 aromatic carbocycles. The minimum absolute atomic E-state index is 0. The van der Waals surface area contributed by atoms with Crippen LogP contribution in [0.4, 0.5) is 10.3 Å². The fourth-order valence-electron chi connectivity index (χ4n) is 4.89. The van der Waals surface area contributed by atoms with Crippen molar-refractivity contribution in [3.05, 3.63) is 101 Å². The van der Waals surface area contributed by atoms with E-state index in [1.807, 2.05) is 18.2 Å². The molecule has 0 saturated carbocycles. The number of hydrogen-bond donors (Lipinski definition) is 1. The van der Waals surface area contributed by atoms with Crippen molar-refractivity contribution in [3.63, 3.8) is 0 Å². The number of anilines is 1. The van der Waals surface area contributed by atoms with Gasteiger partial charge in [0.25, 0.3) is 5.56 Å². The molecule has 1 atom stereocenters. The highest BCUT2D eigenvalue weighted by Crippen LogP contribution is 2.29. The van der Waals surface area contributed by atoms with Crippen molar-refractivity contribution >= 4 is 18.4 Å². The Morgan fingerprint density at radius 1 is 0.946 bits per heavy atom. The largest absolute Gasteiger partial charge is 0.354 e. The van der Waals surface area contributed by atoms with E-state index in [0.717, 1.165) is 25.1 Å². The van der Waals surface area contributed by atoms with Crippen LogP contribution in [0.1, 0.15) is 18.4 Å². The second-order valence-corrected chi connectivity index (χ2v) is 9.23. The number of aromatic nitrogens is 3. The van der Waals surface area contributed by atoms with Gasteiger partial charge in [0, 0.05) is 37.6 Å². The zero-order valence-electron chi connectivity index (χ0n) is 20.8. The van der Waals surface area contributed by atoms with Crippen LogP contribution in [0.3, 0.4) is 0 Å². The molecule has 0 spiro atoms. The molecule has 1 saturated heterocycles. The zero-order chi connectivity index (χ0) is 24.9. The lowest BCUT2D eigenvalue weighted by molar-refractivity contribution is 0.250. The average molecular weight is 520 g/mol. The van der Waals surface area contributed by atoms with E-state index >= 15 is 0 Å². The third-order valence-corrected chi connectivity index (χ3v) is 6.84. The highest BCUT2D eigenvalue weighted by Gasteiger charge is 2.24. The van der Waals surface area contributed by atoms with Crippen LogP contribution in [0, 0.1) is 5.82 Å². The first-order valence-electron chi connectivity index (χ1n) is 12.4. The number of rotatable bonds is 8. The van der Waals surface area contributed by atoms with Crippen LogP contribution in [0.2, 0.25) is 0 Å². The van der Waals surface area contributed by atoms with Gasteiger partial charge >= 0.3 is 0 Å². The molecule has 1 aliphatic rings. The van der Waals surface area contributed by atoms with Gasteiger partial charge in [-0.2, -0.15) is 0 Å². The van der Waals surface area contributed by atoms with Gasteiger partial charge in [-0.15, -0.1) is 12.4 Å². The van der Waals surface area contributed by atoms with Gasteiger partial charge in [-0.05, 0) is 67.7 Å². The Balaban J connectivity index is 0.00000320. The van der Waals surface area contributed by atoms with E-state index in [0.29, 0.717) is 29.3 Å². The van der Waals surface area contributed by atoms with E-state index in [9.17, 15) is 9.18 Å². The van der Waals surface area contributed by atoms with Crippen LogP contribution >= 0.6 is 12.4 Å². The molecule has 2 aromatic heterocycles. The highest BCUT2D eigenvalue weighted by atomic mass is 35.5. The molecule has 1 aliphatic heterocycles. The molecule has 37 heavy (non-hydrogen) atoms. The number of hydrogen-bond acceptors (Lipinski definition) is 5. The van der Waals surface area contributed by atoms with Crippen LogP contribution in [0.15, 0.2) is 83.9 Å². The summed E-state index contributed by atoms with van der Waals surface area (Å²) >= 11 is 0. The summed E-state index contributed by atoms with van der Waals surface area (Å²) in [4.78, 5) is 25.2. The molecule has 0 radical (unpaired) electrons. The molecular formula is C29H31ClFN5O. The third-order valence-electron chi connectivity index (χ3n) is 6.84. The van der Waals surface area contributed by atoms with Crippen LogP contribution in [-0.2, 0) is 13.5 Å². The van der Waals surface area contributed by atoms with Gasteiger partial charge in [0.2, 0.25) is 5.95 Å². The van der Waals surface area contributed by atoms with Gasteiger partial charge in [0.15, 0.2) is 0 Å². The molecule has 3 heterocycles. The smallest absolute Gasteiger partial charge is 0.263 e. The van der Waals surface area contributed by atoms with Crippen LogP contribution < -0.4 is 10.9 Å². The van der Waals surface area contributed by atoms with E-state index in [-0.39, 0.29) is 29.8 Å². The SMILES string of the molecule is Cl.Cn1c(NC[C@H](Cc2ccccc2)N2CCCC2)nc(-c2ccncc2)c(-c2ccc(F)cc2)c1=O. The van der Waals surface area contributed by atoms with Crippen molar-refractivity contribution in [1.82, 2.24) is 19.4 Å². The fourth-order valence-corrected chi connectivity index (χ4v) is 4.89. The predicted molar refractivity (Wildman–Crippen MR) is 149 cm³/mol. The van der Waals surface area contributed by atoms with Crippen LogP contribution in [-0.4, -0.2) is 45.1 Å². The molecular weight excluding hydrogens is 489 g/mol. The van der Waals surface area contributed by atoms with Crippen molar-refractivity contribution < 1.29 is 4.39 Å². The van der Waals surface area contributed by atoms with Crippen molar-refractivity contribution in [3.8, 4) is 22.4 Å². The predicted octanol–water partition coefficient (Wildman–Crippen LogP) is 5.19. The Labute approximate surface area is 222 Å². The maximum Gasteiger partial charge on any atom is 0.263 e. The maximum atomic E-state index is 13.6. The molecule has 0 aliphatic carbocycles. The van der Waals surface area contributed by atoms with E-state index in [1.165, 1.54) is 30.5 Å². The molecule has 4 aromatic rings. The first-order chi connectivity index (χ1) is 17.6. The first kappa shape index (κ1) is 26.5. The van der Waals surface area contributed by atoms with Gasteiger partial charge in [-0.3, -0.25) is 19.2 Å². The lowest BCUT2D eigenvalue weighted by Crippen LogP contribution is -2.40. The molecule has 5 rings (SSSR count). The second-order valence-electron chi connectivity index (χ2n) is 9.23. The number of halogens is 2. The van der Waals surface area contributed by atoms with Crippen molar-refractivity contribution in [2.24, 2.45) is 7.05 Å². The van der Waals surface area contributed by atoms with Crippen LogP contribution in [0.5, 0.6) is 0 Å². The lowest BCUT2D eigenvalue weighted by Gasteiger charge is -2.28. The van der Waals surface area contributed by atoms with Gasteiger partial charge in [-0.25, -0.2) is 9.37 Å². The lowest BCUT2D eigenvalue weighted by atomic mass is 10.0. The zero-order valence-corrected chi connectivity index (χ0v) is 21.6. The van der Waals surface area contributed by atoms with Gasteiger partial charge in [0.05, 0.1) is 11.3 Å². The van der Waals surface area contributed by atoms with Crippen LogP contribution in [0.25, 0.3) is 22.4 Å². The summed E-state index contributed by atoms with van der Waals surface area (Å²) in [5.41, 5.74) is 3.51. The Morgan fingerprint density at radius 3 is 2.30 bits per heavy atom. The van der Waals surface area contributed by atoms with E-state index < -0.39 is 0 Å². The maximum absolute atomic E-state index is 13.6. The van der Waals surface area contributed by atoms with E-state index in [4.69, 9.17) is 4.98 Å². The summed E-state index contributed by atoms with van der Waals surface area (Å²) in [7, 11) is 1.73. The summed E-state index contributed by atoms with van der Waals surface area (Å²) in [6, 6.07) is 20.4. The normalized spacial score (nSPS) is 14.2. The molecule has 6 nitrogen and oxygen atoms in total. The molecule has 0 unspecified atom stereocenters. The summed E-state index contributed by atoms with van der Waals surface area (Å²) in [6.45, 7) is 2.83. The van der Waals surface area contributed by atoms with Crippen molar-refractivity contribution in [2.45, 2.75) is 25.3 Å². The number of pyridine rings is 1. The summed E-state index contributed by atoms with van der Waals surface area (Å²) in [6.07, 6.45) is 6.70.